The molecule has 0 aliphatic carbocycles. The number of hydrogen-bond acceptors (Lipinski definition) is 7. The van der Waals surface area contributed by atoms with Gasteiger partial charge in [0.15, 0.2) is 18.9 Å². The minimum atomic E-state index is -1.15. The van der Waals surface area contributed by atoms with E-state index in [1.54, 1.807) is 57.4 Å². The fourth-order valence-corrected chi connectivity index (χ4v) is 4.88. The molecule has 2 aliphatic rings. The second-order valence-corrected chi connectivity index (χ2v) is 10.4. The summed E-state index contributed by atoms with van der Waals surface area (Å²) in [6.07, 6.45) is 7.09. The Morgan fingerprint density at radius 3 is 2.56 bits per heavy atom. The standard InChI is InChI=1S/C24H31N5O6S/c1-24(2,3)35-23(34)27-10-5-9-26-19(30)15-7-12-28(13-8-15)11-4-6-16-14-36-21-17(25)20(31)29(21)18(16)22(32)33/h4,6-8,12-13,17,21H,5,9-11,14,25H2,1-3H3,(H2-,26,27,30,32,33,34)/p+1/t17-,21-/m1/s1. The molecule has 0 bridgehead atoms. The van der Waals surface area contributed by atoms with Gasteiger partial charge >= 0.3 is 12.1 Å². The molecule has 0 spiro atoms. The van der Waals surface area contributed by atoms with Crippen molar-refractivity contribution < 1.29 is 33.6 Å². The van der Waals surface area contributed by atoms with E-state index in [0.29, 0.717) is 42.9 Å². The quantitative estimate of drug-likeness (QED) is 0.212. The zero-order valence-corrected chi connectivity index (χ0v) is 21.3. The topological polar surface area (TPSA) is 155 Å². The predicted octanol–water partition coefficient (Wildman–Crippen LogP) is 0.756. The predicted molar refractivity (Wildman–Crippen MR) is 133 cm³/mol. The van der Waals surface area contributed by atoms with Gasteiger partial charge in [0.1, 0.15) is 22.7 Å². The molecular formula is C24H32N5O6S+. The molecule has 5 N–H and O–H groups in total. The van der Waals surface area contributed by atoms with Gasteiger partial charge in [0.05, 0.1) is 5.56 Å². The molecule has 3 amide bonds. The Morgan fingerprint density at radius 1 is 1.25 bits per heavy atom. The van der Waals surface area contributed by atoms with Crippen molar-refractivity contribution in [1.82, 2.24) is 15.5 Å². The number of thioether (sulfide) groups is 1. The monoisotopic (exact) mass is 518 g/mol. The summed E-state index contributed by atoms with van der Waals surface area (Å²) in [5, 5.41) is 14.7. The molecule has 3 heterocycles. The molecule has 11 nitrogen and oxygen atoms in total. The number of nitrogens with zero attached hydrogens (tertiary/aromatic N) is 2. The largest absolute Gasteiger partial charge is 0.477 e. The average Bonchev–Trinajstić information content (AvgIpc) is 2.81. The van der Waals surface area contributed by atoms with Crippen LogP contribution in [0, 0.1) is 0 Å². The lowest BCUT2D eigenvalue weighted by molar-refractivity contribution is -0.687. The van der Waals surface area contributed by atoms with Crippen molar-refractivity contribution in [2.45, 2.75) is 50.8 Å². The Kier molecular flexibility index (Phi) is 8.75. The van der Waals surface area contributed by atoms with Crippen LogP contribution < -0.4 is 20.9 Å². The van der Waals surface area contributed by atoms with E-state index >= 15 is 0 Å². The smallest absolute Gasteiger partial charge is 0.407 e. The number of nitrogens with two attached hydrogens (primary N) is 1. The molecule has 1 fully saturated rings. The number of pyridine rings is 1. The molecule has 0 aromatic carbocycles. The van der Waals surface area contributed by atoms with Crippen LogP contribution in [0.1, 0.15) is 37.6 Å². The number of carbonyl (C=O) groups is 4. The normalized spacial score (nSPS) is 19.6. The minimum Gasteiger partial charge on any atom is -0.477 e. The molecule has 36 heavy (non-hydrogen) atoms. The van der Waals surface area contributed by atoms with Crippen LogP contribution in [-0.2, 0) is 20.9 Å². The number of nitrogens with one attached hydrogen (secondary N) is 2. The number of ether oxygens (including phenoxy) is 1. The lowest BCUT2D eigenvalue weighted by atomic mass is 10.0. The maximum atomic E-state index is 12.3. The van der Waals surface area contributed by atoms with Gasteiger partial charge in [-0.25, -0.2) is 14.2 Å². The van der Waals surface area contributed by atoms with Gasteiger partial charge in [-0.05, 0) is 38.8 Å². The zero-order chi connectivity index (χ0) is 26.5. The highest BCUT2D eigenvalue weighted by Crippen LogP contribution is 2.39. The molecule has 1 aromatic rings. The van der Waals surface area contributed by atoms with Crippen LogP contribution in [0.2, 0.25) is 0 Å². The first-order chi connectivity index (χ1) is 17.0. The van der Waals surface area contributed by atoms with Crippen LogP contribution in [0.3, 0.4) is 0 Å². The summed E-state index contributed by atoms with van der Waals surface area (Å²) in [6, 6.07) is 2.71. The Hall–Kier alpha value is -3.38. The summed E-state index contributed by atoms with van der Waals surface area (Å²) in [4.78, 5) is 48.9. The highest BCUT2D eigenvalue weighted by Gasteiger charge is 2.51. The lowest BCUT2D eigenvalue weighted by Gasteiger charge is -2.47. The van der Waals surface area contributed by atoms with Gasteiger partial charge in [0.25, 0.3) is 5.91 Å². The van der Waals surface area contributed by atoms with E-state index in [-0.39, 0.29) is 22.9 Å². The summed E-state index contributed by atoms with van der Waals surface area (Å²) in [5.74, 6) is -1.29. The first kappa shape index (κ1) is 27.2. The van der Waals surface area contributed by atoms with Crippen LogP contribution in [0.15, 0.2) is 47.9 Å². The Bertz CT molecular complexity index is 1080. The Morgan fingerprint density at radius 2 is 1.92 bits per heavy atom. The third-order valence-electron chi connectivity index (χ3n) is 5.34. The Labute approximate surface area is 213 Å². The second kappa shape index (κ2) is 11.6. The average molecular weight is 519 g/mol. The van der Waals surface area contributed by atoms with Crippen molar-refractivity contribution in [3.8, 4) is 0 Å². The molecule has 1 saturated heterocycles. The highest BCUT2D eigenvalue weighted by atomic mass is 32.2. The molecule has 3 rings (SSSR count). The first-order valence-electron chi connectivity index (χ1n) is 11.6. The third-order valence-corrected chi connectivity index (χ3v) is 6.66. The van der Waals surface area contributed by atoms with Crippen molar-refractivity contribution in [2.75, 3.05) is 18.8 Å². The molecule has 2 aliphatic heterocycles. The number of alkyl carbamates (subject to hydrolysis) is 1. The van der Waals surface area contributed by atoms with Crippen LogP contribution in [0.5, 0.6) is 0 Å². The van der Waals surface area contributed by atoms with E-state index < -0.39 is 23.7 Å². The van der Waals surface area contributed by atoms with E-state index in [1.807, 2.05) is 4.57 Å². The number of carboxylic acid groups (broad SMARTS) is 1. The summed E-state index contributed by atoms with van der Waals surface area (Å²) in [5.41, 5.74) is 6.25. The van der Waals surface area contributed by atoms with E-state index in [4.69, 9.17) is 10.5 Å². The first-order valence-corrected chi connectivity index (χ1v) is 12.6. The fraction of sp³-hybridized carbons (Fsp3) is 0.458. The SMILES string of the molecule is CC(C)(C)OC(=O)NCCCNC(=O)c1cc[n+](CC=CC2=C(C(=O)O)N3C(=O)[C@@H](N)[C@H]3SC2)cc1. The maximum Gasteiger partial charge on any atom is 0.407 e. The van der Waals surface area contributed by atoms with E-state index in [2.05, 4.69) is 10.6 Å². The van der Waals surface area contributed by atoms with Crippen molar-refractivity contribution in [3.05, 3.63) is 53.5 Å². The number of carboxylic acids is 1. The van der Waals surface area contributed by atoms with E-state index in [9.17, 15) is 24.3 Å². The number of allylic oxidation sites excluding steroid dienone is 2. The summed E-state index contributed by atoms with van der Waals surface area (Å²) in [7, 11) is 0. The number of amides is 3. The van der Waals surface area contributed by atoms with Crippen LogP contribution in [-0.4, -0.2) is 69.7 Å². The molecular weight excluding hydrogens is 486 g/mol. The molecule has 2 atom stereocenters. The van der Waals surface area contributed by atoms with Gasteiger partial charge in [-0.1, -0.05) is 6.08 Å². The molecule has 0 radical (unpaired) electrons. The zero-order valence-electron chi connectivity index (χ0n) is 20.5. The van der Waals surface area contributed by atoms with Gasteiger partial charge < -0.3 is 26.2 Å². The van der Waals surface area contributed by atoms with Crippen molar-refractivity contribution >= 4 is 35.6 Å². The third kappa shape index (κ3) is 6.85. The Balaban J connectivity index is 1.46. The molecule has 12 heteroatoms. The maximum absolute atomic E-state index is 12.3. The van der Waals surface area contributed by atoms with Crippen LogP contribution in [0.25, 0.3) is 0 Å². The van der Waals surface area contributed by atoms with Gasteiger partial charge in [-0.15, -0.1) is 11.8 Å². The summed E-state index contributed by atoms with van der Waals surface area (Å²) >= 11 is 1.45. The number of aromatic nitrogens is 1. The molecule has 0 saturated carbocycles. The number of rotatable bonds is 9. The number of hydrogen-bond donors (Lipinski definition) is 4. The van der Waals surface area contributed by atoms with E-state index in [1.165, 1.54) is 16.7 Å². The number of carbonyl (C=O) groups excluding carboxylic acids is 3. The number of aliphatic carboxylic acids is 1. The van der Waals surface area contributed by atoms with Crippen molar-refractivity contribution in [1.29, 1.82) is 0 Å². The fourth-order valence-electron chi connectivity index (χ4n) is 3.61. The van der Waals surface area contributed by atoms with Gasteiger partial charge in [-0.2, -0.15) is 0 Å². The van der Waals surface area contributed by atoms with Crippen molar-refractivity contribution in [3.63, 3.8) is 0 Å². The number of β-lactam (4-membered cyclic amide) rings is 1. The minimum absolute atomic E-state index is 0.0139. The van der Waals surface area contributed by atoms with Gasteiger partial charge in [0, 0.05) is 31.0 Å². The van der Waals surface area contributed by atoms with Crippen molar-refractivity contribution in [2.24, 2.45) is 5.73 Å². The second-order valence-electron chi connectivity index (χ2n) is 9.34. The number of fused-ring (bicyclic) bond motifs is 1. The van der Waals surface area contributed by atoms with Crippen LogP contribution >= 0.6 is 11.8 Å². The van der Waals surface area contributed by atoms with Gasteiger partial charge in [0.2, 0.25) is 5.91 Å². The molecule has 1 aromatic heterocycles. The highest BCUT2D eigenvalue weighted by molar-refractivity contribution is 8.00. The van der Waals surface area contributed by atoms with Gasteiger partial charge in [-0.3, -0.25) is 14.5 Å². The summed E-state index contributed by atoms with van der Waals surface area (Å²) in [6.45, 7) is 6.60. The summed E-state index contributed by atoms with van der Waals surface area (Å²) < 4.78 is 6.99. The molecule has 0 unspecified atom stereocenters. The molecule has 194 valence electrons. The lowest BCUT2D eigenvalue weighted by Crippen LogP contribution is -2.68. The van der Waals surface area contributed by atoms with Crippen LogP contribution in [0.4, 0.5) is 4.79 Å². The van der Waals surface area contributed by atoms with E-state index in [0.717, 1.165) is 0 Å².